The van der Waals surface area contributed by atoms with Gasteiger partial charge in [-0.3, -0.25) is 0 Å². The number of benzene rings is 1. The third-order valence-corrected chi connectivity index (χ3v) is 3.62. The van der Waals surface area contributed by atoms with Gasteiger partial charge in [0.2, 0.25) is 0 Å². The molecular formula is C17H29NO2. The molecule has 0 radical (unpaired) electrons. The maximum atomic E-state index is 9.43. The van der Waals surface area contributed by atoms with E-state index < -0.39 is 0 Å². The van der Waals surface area contributed by atoms with Crippen molar-refractivity contribution in [2.45, 2.75) is 52.0 Å². The van der Waals surface area contributed by atoms with Crippen molar-refractivity contribution in [3.05, 3.63) is 29.8 Å². The maximum Gasteiger partial charge on any atom is 0.119 e. The van der Waals surface area contributed by atoms with Crippen molar-refractivity contribution in [3.63, 3.8) is 0 Å². The standard InChI is InChI=1S/C17H29NO2/c1-5-18-17(4,13-19)10-7-11-20-16-9-6-8-15(12-16)14(2)3/h6,8-9,12,14,18-19H,5,7,10-11,13H2,1-4H3. The molecule has 0 aliphatic carbocycles. The molecule has 1 rings (SSSR count). The zero-order valence-corrected chi connectivity index (χ0v) is 13.3. The minimum Gasteiger partial charge on any atom is -0.494 e. The smallest absolute Gasteiger partial charge is 0.119 e. The van der Waals surface area contributed by atoms with Crippen molar-refractivity contribution >= 4 is 0 Å². The van der Waals surface area contributed by atoms with Crippen molar-refractivity contribution in [3.8, 4) is 5.75 Å². The second kappa shape index (κ2) is 8.28. The first-order valence-corrected chi connectivity index (χ1v) is 7.59. The minimum absolute atomic E-state index is 0.156. The quantitative estimate of drug-likeness (QED) is 0.681. The van der Waals surface area contributed by atoms with Gasteiger partial charge in [0, 0.05) is 5.54 Å². The second-order valence-corrected chi connectivity index (χ2v) is 5.93. The highest BCUT2D eigenvalue weighted by Gasteiger charge is 2.20. The molecule has 114 valence electrons. The maximum absolute atomic E-state index is 9.43. The first-order valence-electron chi connectivity index (χ1n) is 7.59. The number of aliphatic hydroxyl groups excluding tert-OH is 1. The lowest BCUT2D eigenvalue weighted by Crippen LogP contribution is -2.45. The Morgan fingerprint density at radius 1 is 1.35 bits per heavy atom. The summed E-state index contributed by atoms with van der Waals surface area (Å²) in [6.45, 7) is 10.2. The van der Waals surface area contributed by atoms with Crippen LogP contribution >= 0.6 is 0 Å². The average molecular weight is 279 g/mol. The highest BCUT2D eigenvalue weighted by atomic mass is 16.5. The van der Waals surface area contributed by atoms with E-state index in [0.29, 0.717) is 12.5 Å². The Hall–Kier alpha value is -1.06. The Labute approximate surface area is 123 Å². The molecule has 3 heteroatoms. The van der Waals surface area contributed by atoms with E-state index in [0.717, 1.165) is 25.1 Å². The van der Waals surface area contributed by atoms with Crippen molar-refractivity contribution in [2.24, 2.45) is 0 Å². The van der Waals surface area contributed by atoms with Gasteiger partial charge in [0.05, 0.1) is 13.2 Å². The summed E-state index contributed by atoms with van der Waals surface area (Å²) in [7, 11) is 0. The number of likely N-dealkylation sites (N-methyl/N-ethyl adjacent to an activating group) is 1. The second-order valence-electron chi connectivity index (χ2n) is 5.93. The van der Waals surface area contributed by atoms with Crippen LogP contribution in [0.15, 0.2) is 24.3 Å². The number of rotatable bonds is 9. The first kappa shape index (κ1) is 17.0. The molecule has 20 heavy (non-hydrogen) atoms. The van der Waals surface area contributed by atoms with E-state index in [4.69, 9.17) is 4.74 Å². The highest BCUT2D eigenvalue weighted by Crippen LogP contribution is 2.20. The zero-order chi connectivity index (χ0) is 15.0. The van der Waals surface area contributed by atoms with E-state index in [9.17, 15) is 5.11 Å². The monoisotopic (exact) mass is 279 g/mol. The van der Waals surface area contributed by atoms with Gasteiger partial charge in [0.25, 0.3) is 0 Å². The summed E-state index contributed by atoms with van der Waals surface area (Å²) in [5, 5.41) is 12.8. The van der Waals surface area contributed by atoms with Crippen molar-refractivity contribution < 1.29 is 9.84 Å². The van der Waals surface area contributed by atoms with Gasteiger partial charge in [-0.05, 0) is 49.9 Å². The van der Waals surface area contributed by atoms with Gasteiger partial charge in [0.15, 0.2) is 0 Å². The molecule has 0 fully saturated rings. The summed E-state index contributed by atoms with van der Waals surface area (Å²) in [6.07, 6.45) is 1.83. The van der Waals surface area contributed by atoms with Gasteiger partial charge in [-0.2, -0.15) is 0 Å². The van der Waals surface area contributed by atoms with Crippen LogP contribution in [0.2, 0.25) is 0 Å². The number of nitrogens with one attached hydrogen (secondary N) is 1. The third-order valence-electron chi connectivity index (χ3n) is 3.62. The molecule has 0 aliphatic rings. The van der Waals surface area contributed by atoms with Gasteiger partial charge in [-0.15, -0.1) is 0 Å². The molecule has 0 saturated heterocycles. The molecule has 0 saturated carbocycles. The summed E-state index contributed by atoms with van der Waals surface area (Å²) in [5.74, 6) is 1.45. The molecule has 0 bridgehead atoms. The molecule has 0 amide bonds. The number of hydrogen-bond donors (Lipinski definition) is 2. The third kappa shape index (κ3) is 5.51. The Kier molecular flexibility index (Phi) is 7.03. The lowest BCUT2D eigenvalue weighted by molar-refractivity contribution is 0.158. The Bertz CT molecular complexity index is 392. The summed E-state index contributed by atoms with van der Waals surface area (Å²) >= 11 is 0. The minimum atomic E-state index is -0.197. The molecule has 0 aromatic heterocycles. The molecular weight excluding hydrogens is 250 g/mol. The van der Waals surface area contributed by atoms with E-state index in [1.54, 1.807) is 0 Å². The number of ether oxygens (including phenoxy) is 1. The molecule has 1 unspecified atom stereocenters. The van der Waals surface area contributed by atoms with Crippen LogP contribution in [0.5, 0.6) is 5.75 Å². The van der Waals surface area contributed by atoms with E-state index >= 15 is 0 Å². The first-order chi connectivity index (χ1) is 9.50. The van der Waals surface area contributed by atoms with Gasteiger partial charge >= 0.3 is 0 Å². The molecule has 1 atom stereocenters. The topological polar surface area (TPSA) is 41.5 Å². The Morgan fingerprint density at radius 3 is 2.70 bits per heavy atom. The summed E-state index contributed by atoms with van der Waals surface area (Å²) in [5.41, 5.74) is 1.10. The van der Waals surface area contributed by atoms with Crippen LogP contribution in [0.25, 0.3) is 0 Å². The van der Waals surface area contributed by atoms with Gasteiger partial charge in [0.1, 0.15) is 5.75 Å². The van der Waals surface area contributed by atoms with E-state index in [1.807, 2.05) is 12.1 Å². The normalized spacial score (nSPS) is 14.3. The van der Waals surface area contributed by atoms with Crippen LogP contribution in [-0.4, -0.2) is 30.4 Å². The van der Waals surface area contributed by atoms with Crippen LogP contribution in [0.3, 0.4) is 0 Å². The number of aliphatic hydroxyl groups is 1. The van der Waals surface area contributed by atoms with Crippen molar-refractivity contribution in [1.82, 2.24) is 5.32 Å². The summed E-state index contributed by atoms with van der Waals surface area (Å²) < 4.78 is 5.81. The van der Waals surface area contributed by atoms with Gasteiger partial charge in [-0.1, -0.05) is 32.9 Å². The zero-order valence-electron chi connectivity index (χ0n) is 13.3. The summed E-state index contributed by atoms with van der Waals surface area (Å²) in [6, 6.07) is 8.29. The largest absolute Gasteiger partial charge is 0.494 e. The highest BCUT2D eigenvalue weighted by molar-refractivity contribution is 5.30. The van der Waals surface area contributed by atoms with E-state index in [1.165, 1.54) is 5.56 Å². The molecule has 2 N–H and O–H groups in total. The molecule has 1 aromatic carbocycles. The van der Waals surface area contributed by atoms with Crippen LogP contribution in [0, 0.1) is 0 Å². The van der Waals surface area contributed by atoms with E-state index in [2.05, 4.69) is 45.1 Å². The molecule has 3 nitrogen and oxygen atoms in total. The average Bonchev–Trinajstić information content (AvgIpc) is 2.44. The lowest BCUT2D eigenvalue weighted by atomic mass is 9.97. The summed E-state index contributed by atoms with van der Waals surface area (Å²) in [4.78, 5) is 0. The van der Waals surface area contributed by atoms with Gasteiger partial charge < -0.3 is 15.2 Å². The predicted octanol–water partition coefficient (Wildman–Crippen LogP) is 3.33. The number of hydrogen-bond acceptors (Lipinski definition) is 3. The SMILES string of the molecule is CCNC(C)(CO)CCCOc1cccc(C(C)C)c1. The van der Waals surface area contributed by atoms with Crippen LogP contribution in [-0.2, 0) is 0 Å². The fourth-order valence-electron chi connectivity index (χ4n) is 2.27. The fraction of sp³-hybridized carbons (Fsp3) is 0.647. The fourth-order valence-corrected chi connectivity index (χ4v) is 2.27. The lowest BCUT2D eigenvalue weighted by Gasteiger charge is -2.28. The predicted molar refractivity (Wildman–Crippen MR) is 84.4 cm³/mol. The Morgan fingerprint density at radius 2 is 2.10 bits per heavy atom. The van der Waals surface area contributed by atoms with Crippen molar-refractivity contribution in [1.29, 1.82) is 0 Å². The van der Waals surface area contributed by atoms with Gasteiger partial charge in [-0.25, -0.2) is 0 Å². The Balaban J connectivity index is 2.39. The molecule has 1 aromatic rings. The van der Waals surface area contributed by atoms with E-state index in [-0.39, 0.29) is 12.1 Å². The molecule has 0 spiro atoms. The molecule has 0 aliphatic heterocycles. The van der Waals surface area contributed by atoms with Crippen LogP contribution in [0.1, 0.15) is 52.0 Å². The van der Waals surface area contributed by atoms with Crippen LogP contribution in [0.4, 0.5) is 0 Å². The van der Waals surface area contributed by atoms with Crippen LogP contribution < -0.4 is 10.1 Å². The molecule has 0 heterocycles. The van der Waals surface area contributed by atoms with Crippen molar-refractivity contribution in [2.75, 3.05) is 19.8 Å².